The van der Waals surface area contributed by atoms with Crippen molar-refractivity contribution in [3.63, 3.8) is 0 Å². The topological polar surface area (TPSA) is 44.8 Å². The van der Waals surface area contributed by atoms with Gasteiger partial charge in [-0.15, -0.1) is 0 Å². The van der Waals surface area contributed by atoms with Crippen LogP contribution in [-0.4, -0.2) is 14.2 Å². The minimum absolute atomic E-state index is 0.467. The highest BCUT2D eigenvalue weighted by molar-refractivity contribution is 7.75. The van der Waals surface area contributed by atoms with Crippen molar-refractivity contribution in [1.82, 2.24) is 0 Å². The molecular weight excluding hydrogens is 359 g/mol. The molecule has 1 heterocycles. The van der Waals surface area contributed by atoms with E-state index in [0.717, 1.165) is 16.7 Å². The first-order valence-electron chi connectivity index (χ1n) is 8.50. The molecule has 0 bridgehead atoms. The molecule has 0 aliphatic carbocycles. The number of hydrogen-bond donors (Lipinski definition) is 0. The molecule has 4 nitrogen and oxygen atoms in total. The largest absolute Gasteiger partial charge is 0.496 e. The van der Waals surface area contributed by atoms with E-state index in [4.69, 9.17) is 14.0 Å². The normalized spacial score (nSPS) is 17.3. The van der Waals surface area contributed by atoms with Crippen molar-refractivity contribution in [2.24, 2.45) is 0 Å². The highest BCUT2D eigenvalue weighted by Crippen LogP contribution is 2.55. The van der Waals surface area contributed by atoms with Crippen molar-refractivity contribution >= 4 is 24.1 Å². The minimum atomic E-state index is -3.45. The van der Waals surface area contributed by atoms with Crippen LogP contribution in [0.4, 0.5) is 0 Å². The van der Waals surface area contributed by atoms with Crippen LogP contribution in [0.3, 0.4) is 0 Å². The zero-order valence-electron chi connectivity index (χ0n) is 15.1. The Hall–Kier alpha value is -2.97. The van der Waals surface area contributed by atoms with Crippen LogP contribution in [0.2, 0.25) is 0 Å². The van der Waals surface area contributed by atoms with Crippen LogP contribution in [0, 0.1) is 0 Å². The molecule has 1 unspecified atom stereocenters. The maximum atomic E-state index is 14.3. The molecule has 0 amide bonds. The summed E-state index contributed by atoms with van der Waals surface area (Å²) in [5, 5.41) is 1.12. The van der Waals surface area contributed by atoms with Gasteiger partial charge in [-0.05, 0) is 29.8 Å². The second-order valence-electron chi connectivity index (χ2n) is 6.13. The van der Waals surface area contributed by atoms with E-state index >= 15 is 0 Å². The summed E-state index contributed by atoms with van der Waals surface area (Å²) in [5.41, 5.74) is 2.58. The van der Waals surface area contributed by atoms with Gasteiger partial charge in [0.1, 0.15) is 17.2 Å². The van der Waals surface area contributed by atoms with Crippen LogP contribution in [-0.2, 0) is 4.57 Å². The zero-order chi connectivity index (χ0) is 19.0. The predicted molar refractivity (Wildman–Crippen MR) is 109 cm³/mol. The molecule has 1 aliphatic heterocycles. The van der Waals surface area contributed by atoms with Crippen molar-refractivity contribution in [2.75, 3.05) is 14.2 Å². The Morgan fingerprint density at radius 2 is 1.56 bits per heavy atom. The number of methoxy groups -OCH3 is 2. The SMILES string of the molecule is C=Cc1cc(OC)c(P2(=O)Oc3ccccc3-c3ccccc32)cc1OC. The number of fused-ring (bicyclic) bond motifs is 3. The monoisotopic (exact) mass is 378 g/mol. The summed E-state index contributed by atoms with van der Waals surface area (Å²) in [6, 6.07) is 18.7. The first-order valence-corrected chi connectivity index (χ1v) is 10.1. The lowest BCUT2D eigenvalue weighted by Gasteiger charge is -2.30. The minimum Gasteiger partial charge on any atom is -0.496 e. The molecule has 0 radical (unpaired) electrons. The molecule has 136 valence electrons. The Bertz CT molecular complexity index is 1090. The lowest BCUT2D eigenvalue weighted by molar-refractivity contribution is 0.403. The van der Waals surface area contributed by atoms with E-state index in [1.165, 1.54) is 0 Å². The molecule has 1 aliphatic rings. The fraction of sp³-hybridized carbons (Fsp3) is 0.0909. The number of para-hydroxylation sites is 1. The molecule has 0 aromatic heterocycles. The number of ether oxygens (including phenoxy) is 2. The second kappa shape index (κ2) is 6.64. The summed E-state index contributed by atoms with van der Waals surface area (Å²) < 4.78 is 31.4. The van der Waals surface area contributed by atoms with E-state index < -0.39 is 7.37 Å². The quantitative estimate of drug-likeness (QED) is 0.621. The van der Waals surface area contributed by atoms with Crippen molar-refractivity contribution in [3.05, 3.63) is 72.8 Å². The van der Waals surface area contributed by atoms with E-state index in [2.05, 4.69) is 6.58 Å². The van der Waals surface area contributed by atoms with Gasteiger partial charge in [0.25, 0.3) is 0 Å². The first-order chi connectivity index (χ1) is 13.1. The molecular formula is C22H19O4P. The molecule has 1 atom stereocenters. The molecule has 0 saturated carbocycles. The molecule has 27 heavy (non-hydrogen) atoms. The van der Waals surface area contributed by atoms with E-state index in [0.29, 0.717) is 27.9 Å². The highest BCUT2D eigenvalue weighted by atomic mass is 31.2. The van der Waals surface area contributed by atoms with Crippen LogP contribution in [0.5, 0.6) is 17.2 Å². The summed E-state index contributed by atoms with van der Waals surface area (Å²) in [6.45, 7) is 3.80. The fourth-order valence-corrected chi connectivity index (χ4v) is 5.81. The van der Waals surface area contributed by atoms with Gasteiger partial charge < -0.3 is 14.0 Å². The van der Waals surface area contributed by atoms with Crippen molar-refractivity contribution in [3.8, 4) is 28.4 Å². The molecule has 0 spiro atoms. The fourth-order valence-electron chi connectivity index (χ4n) is 3.39. The summed E-state index contributed by atoms with van der Waals surface area (Å²) in [7, 11) is -0.333. The maximum Gasteiger partial charge on any atom is 0.311 e. The lowest BCUT2D eigenvalue weighted by atomic mass is 10.0. The third-order valence-electron chi connectivity index (χ3n) is 4.69. The van der Waals surface area contributed by atoms with Gasteiger partial charge in [-0.2, -0.15) is 0 Å². The van der Waals surface area contributed by atoms with Crippen LogP contribution in [0.1, 0.15) is 5.56 Å². The van der Waals surface area contributed by atoms with Gasteiger partial charge in [0.05, 0.1) is 24.8 Å². The third-order valence-corrected chi connectivity index (χ3v) is 7.16. The number of benzene rings is 3. The van der Waals surface area contributed by atoms with Gasteiger partial charge in [0, 0.05) is 11.1 Å². The molecule has 0 fully saturated rings. The van der Waals surface area contributed by atoms with Gasteiger partial charge in [0.2, 0.25) is 0 Å². The average Bonchev–Trinajstić information content (AvgIpc) is 2.73. The molecule has 5 heteroatoms. The number of rotatable bonds is 4. The van der Waals surface area contributed by atoms with E-state index in [-0.39, 0.29) is 0 Å². The van der Waals surface area contributed by atoms with Crippen LogP contribution in [0.15, 0.2) is 67.2 Å². The molecule has 4 rings (SSSR count). The van der Waals surface area contributed by atoms with Crippen LogP contribution >= 0.6 is 7.37 Å². The Balaban J connectivity index is 2.03. The van der Waals surface area contributed by atoms with Crippen LogP contribution < -0.4 is 24.6 Å². The first kappa shape index (κ1) is 17.4. The van der Waals surface area contributed by atoms with Crippen molar-refractivity contribution in [1.29, 1.82) is 0 Å². The Labute approximate surface area is 158 Å². The zero-order valence-corrected chi connectivity index (χ0v) is 16.0. The van der Waals surface area contributed by atoms with Gasteiger partial charge >= 0.3 is 7.37 Å². The van der Waals surface area contributed by atoms with Crippen LogP contribution in [0.25, 0.3) is 17.2 Å². The summed E-state index contributed by atoms with van der Waals surface area (Å²) >= 11 is 0. The standard InChI is InChI=1S/C22H19O4P/c1-4-15-13-20(25-3)22(14-19(15)24-2)27(23)21-12-8-6-10-17(21)16-9-5-7-11-18(16)26-27/h4-14H,1H2,2-3H3. The van der Waals surface area contributed by atoms with Crippen molar-refractivity contribution < 1.29 is 18.6 Å². The Morgan fingerprint density at radius 1 is 0.889 bits per heavy atom. The number of hydrogen-bond acceptors (Lipinski definition) is 4. The average molecular weight is 378 g/mol. The summed E-state index contributed by atoms with van der Waals surface area (Å²) in [5.74, 6) is 1.63. The van der Waals surface area contributed by atoms with E-state index in [1.807, 2.05) is 48.5 Å². The van der Waals surface area contributed by atoms with Gasteiger partial charge in [-0.25, -0.2) is 0 Å². The summed E-state index contributed by atoms with van der Waals surface area (Å²) in [6.07, 6.45) is 1.67. The molecule has 3 aromatic rings. The highest BCUT2D eigenvalue weighted by Gasteiger charge is 2.40. The molecule has 0 N–H and O–H groups in total. The van der Waals surface area contributed by atoms with Gasteiger partial charge in [0.15, 0.2) is 0 Å². The maximum absolute atomic E-state index is 14.3. The molecule has 3 aromatic carbocycles. The Kier molecular flexibility index (Phi) is 4.29. The lowest BCUT2D eigenvalue weighted by Crippen LogP contribution is -2.26. The predicted octanol–water partition coefficient (Wildman–Crippen LogP) is 4.64. The van der Waals surface area contributed by atoms with Crippen molar-refractivity contribution in [2.45, 2.75) is 0 Å². The Morgan fingerprint density at radius 3 is 2.26 bits per heavy atom. The van der Waals surface area contributed by atoms with Gasteiger partial charge in [-0.1, -0.05) is 49.1 Å². The summed E-state index contributed by atoms with van der Waals surface area (Å²) in [4.78, 5) is 0. The smallest absolute Gasteiger partial charge is 0.311 e. The van der Waals surface area contributed by atoms with Gasteiger partial charge in [-0.3, -0.25) is 4.57 Å². The third kappa shape index (κ3) is 2.65. The second-order valence-corrected chi connectivity index (χ2v) is 8.38. The van der Waals surface area contributed by atoms with E-state index in [9.17, 15) is 4.57 Å². The van der Waals surface area contributed by atoms with E-state index in [1.54, 1.807) is 32.4 Å². The molecule has 0 saturated heterocycles.